The average Bonchev–Trinajstić information content (AvgIpc) is 3.01. The molecule has 0 bridgehead atoms. The Morgan fingerprint density at radius 2 is 2.17 bits per heavy atom. The predicted molar refractivity (Wildman–Crippen MR) is 91.0 cm³/mol. The Kier molecular flexibility index (Phi) is 4.48. The average molecular weight is 312 g/mol. The maximum atomic E-state index is 12.5. The van der Waals surface area contributed by atoms with E-state index in [0.717, 1.165) is 43.5 Å². The number of amides is 1. The van der Waals surface area contributed by atoms with Crippen molar-refractivity contribution in [2.24, 2.45) is 11.7 Å². The Labute approximate surface area is 136 Å². The van der Waals surface area contributed by atoms with Gasteiger partial charge in [-0.15, -0.1) is 0 Å². The van der Waals surface area contributed by atoms with Crippen molar-refractivity contribution in [2.75, 3.05) is 5.32 Å². The SMILES string of the molecule is CC1(N)CCCCC1C(=O)Nc1ccc(Cn2cccn2)cc1. The zero-order valence-electron chi connectivity index (χ0n) is 13.5. The minimum absolute atomic E-state index is 0.0366. The number of nitrogens with two attached hydrogens (primary N) is 1. The minimum Gasteiger partial charge on any atom is -0.326 e. The second kappa shape index (κ2) is 6.54. The number of benzene rings is 1. The number of carbonyl (C=O) groups is 1. The molecule has 5 heteroatoms. The number of rotatable bonds is 4. The lowest BCUT2D eigenvalue weighted by Gasteiger charge is -2.37. The van der Waals surface area contributed by atoms with E-state index >= 15 is 0 Å². The molecule has 0 spiro atoms. The molecule has 2 aromatic rings. The molecule has 2 unspecified atom stereocenters. The third-order valence-electron chi connectivity index (χ3n) is 4.70. The van der Waals surface area contributed by atoms with Gasteiger partial charge in [0.05, 0.1) is 12.5 Å². The fraction of sp³-hybridized carbons (Fsp3) is 0.444. The summed E-state index contributed by atoms with van der Waals surface area (Å²) in [6.45, 7) is 2.72. The lowest BCUT2D eigenvalue weighted by molar-refractivity contribution is -0.122. The molecule has 2 atom stereocenters. The van der Waals surface area contributed by atoms with Crippen LogP contribution in [0.1, 0.15) is 38.2 Å². The zero-order chi connectivity index (χ0) is 16.3. The van der Waals surface area contributed by atoms with Gasteiger partial charge in [0.15, 0.2) is 0 Å². The number of anilines is 1. The summed E-state index contributed by atoms with van der Waals surface area (Å²) < 4.78 is 1.87. The third kappa shape index (κ3) is 3.79. The summed E-state index contributed by atoms with van der Waals surface area (Å²) in [5.74, 6) is -0.0745. The molecular weight excluding hydrogens is 288 g/mol. The second-order valence-electron chi connectivity index (χ2n) is 6.69. The fourth-order valence-corrected chi connectivity index (χ4v) is 3.29. The summed E-state index contributed by atoms with van der Waals surface area (Å²) in [6, 6.07) is 9.81. The van der Waals surface area contributed by atoms with E-state index in [0.29, 0.717) is 0 Å². The topological polar surface area (TPSA) is 72.9 Å². The molecule has 122 valence electrons. The molecule has 23 heavy (non-hydrogen) atoms. The van der Waals surface area contributed by atoms with Gasteiger partial charge in [-0.1, -0.05) is 25.0 Å². The van der Waals surface area contributed by atoms with Crippen molar-refractivity contribution >= 4 is 11.6 Å². The van der Waals surface area contributed by atoms with Crippen LogP contribution in [-0.4, -0.2) is 21.2 Å². The van der Waals surface area contributed by atoms with Gasteiger partial charge in [-0.2, -0.15) is 5.10 Å². The van der Waals surface area contributed by atoms with Gasteiger partial charge in [0.2, 0.25) is 5.91 Å². The van der Waals surface area contributed by atoms with E-state index in [9.17, 15) is 4.79 Å². The highest BCUT2D eigenvalue weighted by molar-refractivity contribution is 5.93. The standard InChI is InChI=1S/C18H24N4O/c1-18(19)10-3-2-5-16(18)17(23)21-15-8-6-14(7-9-15)13-22-12-4-11-20-22/h4,6-9,11-12,16H,2-3,5,10,13,19H2,1H3,(H,21,23). The second-order valence-corrected chi connectivity index (χ2v) is 6.69. The van der Waals surface area contributed by atoms with Gasteiger partial charge in [0.25, 0.3) is 0 Å². The molecule has 1 fully saturated rings. The monoisotopic (exact) mass is 312 g/mol. The number of carbonyl (C=O) groups excluding carboxylic acids is 1. The van der Waals surface area contributed by atoms with E-state index in [1.165, 1.54) is 0 Å². The fourth-order valence-electron chi connectivity index (χ4n) is 3.29. The Hall–Kier alpha value is -2.14. The van der Waals surface area contributed by atoms with Crippen LogP contribution in [0, 0.1) is 5.92 Å². The van der Waals surface area contributed by atoms with Crippen molar-refractivity contribution < 1.29 is 4.79 Å². The van der Waals surface area contributed by atoms with Crippen LogP contribution in [-0.2, 0) is 11.3 Å². The molecule has 1 aromatic carbocycles. The van der Waals surface area contributed by atoms with Gasteiger partial charge in [0, 0.05) is 23.6 Å². The first kappa shape index (κ1) is 15.7. The van der Waals surface area contributed by atoms with Gasteiger partial charge in [-0.05, 0) is 43.5 Å². The number of nitrogens with one attached hydrogen (secondary N) is 1. The lowest BCUT2D eigenvalue weighted by Crippen LogP contribution is -2.51. The molecule has 1 aliphatic rings. The van der Waals surface area contributed by atoms with Gasteiger partial charge in [0.1, 0.15) is 0 Å². The highest BCUT2D eigenvalue weighted by Gasteiger charge is 2.37. The van der Waals surface area contributed by atoms with Crippen LogP contribution in [0.25, 0.3) is 0 Å². The van der Waals surface area contributed by atoms with Crippen molar-refractivity contribution in [3.63, 3.8) is 0 Å². The molecule has 0 aliphatic heterocycles. The molecule has 1 amide bonds. The van der Waals surface area contributed by atoms with E-state index in [1.54, 1.807) is 6.20 Å². The summed E-state index contributed by atoms with van der Waals surface area (Å²) in [5.41, 5.74) is 7.87. The van der Waals surface area contributed by atoms with Crippen LogP contribution in [0.3, 0.4) is 0 Å². The van der Waals surface area contributed by atoms with Gasteiger partial charge in [-0.25, -0.2) is 0 Å². The minimum atomic E-state index is -0.400. The van der Waals surface area contributed by atoms with Gasteiger partial charge >= 0.3 is 0 Å². The molecule has 1 saturated carbocycles. The van der Waals surface area contributed by atoms with Gasteiger partial charge in [-0.3, -0.25) is 9.48 Å². The van der Waals surface area contributed by atoms with Crippen LogP contribution < -0.4 is 11.1 Å². The molecule has 5 nitrogen and oxygen atoms in total. The normalized spacial score (nSPS) is 24.3. The Balaban J connectivity index is 1.62. The highest BCUT2D eigenvalue weighted by atomic mass is 16.1. The first-order chi connectivity index (χ1) is 11.0. The molecule has 1 heterocycles. The first-order valence-corrected chi connectivity index (χ1v) is 8.21. The zero-order valence-corrected chi connectivity index (χ0v) is 13.5. The maximum Gasteiger partial charge on any atom is 0.229 e. The van der Waals surface area contributed by atoms with E-state index in [-0.39, 0.29) is 11.8 Å². The molecular formula is C18H24N4O. The maximum absolute atomic E-state index is 12.5. The Morgan fingerprint density at radius 3 is 2.83 bits per heavy atom. The van der Waals surface area contributed by atoms with Crippen LogP contribution >= 0.6 is 0 Å². The number of nitrogens with zero attached hydrogens (tertiary/aromatic N) is 2. The molecule has 3 N–H and O–H groups in total. The smallest absolute Gasteiger partial charge is 0.229 e. The van der Waals surface area contributed by atoms with Crippen LogP contribution in [0.4, 0.5) is 5.69 Å². The lowest BCUT2D eigenvalue weighted by atomic mass is 9.74. The number of aromatic nitrogens is 2. The van der Waals surface area contributed by atoms with Crippen molar-refractivity contribution in [2.45, 2.75) is 44.7 Å². The van der Waals surface area contributed by atoms with Crippen LogP contribution in [0.2, 0.25) is 0 Å². The summed E-state index contributed by atoms with van der Waals surface area (Å²) in [6.07, 6.45) is 7.67. The van der Waals surface area contributed by atoms with Crippen molar-refractivity contribution in [3.8, 4) is 0 Å². The molecule has 0 saturated heterocycles. The van der Waals surface area contributed by atoms with Crippen molar-refractivity contribution in [1.82, 2.24) is 9.78 Å². The number of hydrogen-bond donors (Lipinski definition) is 2. The summed E-state index contributed by atoms with van der Waals surface area (Å²) in [4.78, 5) is 12.5. The molecule has 1 aromatic heterocycles. The summed E-state index contributed by atoms with van der Waals surface area (Å²) in [5, 5.41) is 7.20. The van der Waals surface area contributed by atoms with E-state index in [1.807, 2.05) is 48.1 Å². The molecule has 3 rings (SSSR count). The van der Waals surface area contributed by atoms with Crippen molar-refractivity contribution in [3.05, 3.63) is 48.3 Å². The molecule has 0 radical (unpaired) electrons. The highest BCUT2D eigenvalue weighted by Crippen LogP contribution is 2.32. The third-order valence-corrected chi connectivity index (χ3v) is 4.70. The Morgan fingerprint density at radius 1 is 1.39 bits per heavy atom. The molecule has 1 aliphatic carbocycles. The summed E-state index contributed by atoms with van der Waals surface area (Å²) >= 11 is 0. The number of hydrogen-bond acceptors (Lipinski definition) is 3. The predicted octanol–water partition coefficient (Wildman–Crippen LogP) is 2.78. The quantitative estimate of drug-likeness (QED) is 0.911. The van der Waals surface area contributed by atoms with Crippen LogP contribution in [0.5, 0.6) is 0 Å². The van der Waals surface area contributed by atoms with Gasteiger partial charge < -0.3 is 11.1 Å². The Bertz CT molecular complexity index is 646. The van der Waals surface area contributed by atoms with E-state index < -0.39 is 5.54 Å². The largest absolute Gasteiger partial charge is 0.326 e. The van der Waals surface area contributed by atoms with E-state index in [4.69, 9.17) is 5.73 Å². The van der Waals surface area contributed by atoms with E-state index in [2.05, 4.69) is 10.4 Å². The first-order valence-electron chi connectivity index (χ1n) is 8.21. The van der Waals surface area contributed by atoms with Crippen molar-refractivity contribution in [1.29, 1.82) is 0 Å². The van der Waals surface area contributed by atoms with Crippen LogP contribution in [0.15, 0.2) is 42.7 Å². The summed E-state index contributed by atoms with van der Waals surface area (Å²) in [7, 11) is 0.